The number of nitrogens with zero attached hydrogens (tertiary/aromatic N) is 1. The zero-order chi connectivity index (χ0) is 16.2. The molecule has 0 aromatic heterocycles. The molecule has 0 N–H and O–H groups in total. The second kappa shape index (κ2) is 7.01. The van der Waals surface area contributed by atoms with Crippen LogP contribution < -0.4 is 9.47 Å². The Labute approximate surface area is 136 Å². The van der Waals surface area contributed by atoms with Crippen LogP contribution in [-0.2, 0) is 6.54 Å². The second-order valence-electron chi connectivity index (χ2n) is 5.84. The van der Waals surface area contributed by atoms with Gasteiger partial charge in [0.05, 0.1) is 14.2 Å². The van der Waals surface area contributed by atoms with Crippen LogP contribution in [0.15, 0.2) is 42.5 Å². The number of para-hydroxylation sites is 1. The summed E-state index contributed by atoms with van der Waals surface area (Å²) in [4.78, 5) is 2.38. The first kappa shape index (κ1) is 15.8. The lowest BCUT2D eigenvalue weighted by Gasteiger charge is -2.26. The molecule has 4 heteroatoms. The van der Waals surface area contributed by atoms with E-state index in [1.807, 2.05) is 18.2 Å². The van der Waals surface area contributed by atoms with Crippen molar-refractivity contribution in [3.63, 3.8) is 0 Å². The molecule has 0 amide bonds. The van der Waals surface area contributed by atoms with Crippen LogP contribution >= 0.6 is 0 Å². The van der Waals surface area contributed by atoms with E-state index in [4.69, 9.17) is 9.47 Å². The average molecular weight is 315 g/mol. The molecule has 0 radical (unpaired) electrons. The Kier molecular flexibility index (Phi) is 4.82. The van der Waals surface area contributed by atoms with Crippen molar-refractivity contribution in [1.29, 1.82) is 0 Å². The van der Waals surface area contributed by atoms with E-state index in [2.05, 4.69) is 11.0 Å². The van der Waals surface area contributed by atoms with Gasteiger partial charge >= 0.3 is 0 Å². The maximum atomic E-state index is 13.5. The third-order valence-electron chi connectivity index (χ3n) is 4.46. The quantitative estimate of drug-likeness (QED) is 0.826. The molecule has 0 spiro atoms. The summed E-state index contributed by atoms with van der Waals surface area (Å²) in [5, 5.41) is 0. The summed E-state index contributed by atoms with van der Waals surface area (Å²) in [6.45, 7) is 1.77. The third-order valence-corrected chi connectivity index (χ3v) is 4.46. The van der Waals surface area contributed by atoms with E-state index in [1.165, 1.54) is 6.07 Å². The summed E-state index contributed by atoms with van der Waals surface area (Å²) in [7, 11) is 3.31. The Morgan fingerprint density at radius 3 is 2.70 bits per heavy atom. The topological polar surface area (TPSA) is 21.7 Å². The highest BCUT2D eigenvalue weighted by molar-refractivity contribution is 5.46. The van der Waals surface area contributed by atoms with E-state index in [1.54, 1.807) is 26.4 Å². The summed E-state index contributed by atoms with van der Waals surface area (Å²) in [6, 6.07) is 13.1. The van der Waals surface area contributed by atoms with Gasteiger partial charge in [0.1, 0.15) is 5.82 Å². The number of ether oxygens (including phenoxy) is 2. The smallest absolute Gasteiger partial charge is 0.165 e. The molecular formula is C19H22FNO2. The summed E-state index contributed by atoms with van der Waals surface area (Å²) < 4.78 is 24.4. The first-order valence-electron chi connectivity index (χ1n) is 7.92. The van der Waals surface area contributed by atoms with E-state index < -0.39 is 0 Å². The predicted octanol–water partition coefficient (Wildman–Crippen LogP) is 4.18. The van der Waals surface area contributed by atoms with Gasteiger partial charge in [-0.05, 0) is 43.1 Å². The fraction of sp³-hybridized carbons (Fsp3) is 0.368. The number of hydrogen-bond acceptors (Lipinski definition) is 3. The highest BCUT2D eigenvalue weighted by Gasteiger charge is 2.27. The number of methoxy groups -OCH3 is 2. The lowest BCUT2D eigenvalue weighted by molar-refractivity contribution is 0.242. The minimum atomic E-state index is -0.173. The van der Waals surface area contributed by atoms with Gasteiger partial charge in [0.25, 0.3) is 0 Å². The zero-order valence-electron chi connectivity index (χ0n) is 13.6. The SMILES string of the molecule is COc1cccc(CN2CCC[C@@H]2c2cccc(F)c2)c1OC. The van der Waals surface area contributed by atoms with Crippen molar-refractivity contribution in [1.82, 2.24) is 4.90 Å². The van der Waals surface area contributed by atoms with Crippen LogP contribution in [0.3, 0.4) is 0 Å². The van der Waals surface area contributed by atoms with Crippen LogP contribution in [0.4, 0.5) is 4.39 Å². The molecule has 0 unspecified atom stereocenters. The van der Waals surface area contributed by atoms with E-state index in [0.29, 0.717) is 0 Å². The highest BCUT2D eigenvalue weighted by Crippen LogP contribution is 2.37. The Balaban J connectivity index is 1.85. The number of halogens is 1. The van der Waals surface area contributed by atoms with Gasteiger partial charge in [0.15, 0.2) is 11.5 Å². The van der Waals surface area contributed by atoms with Crippen molar-refractivity contribution < 1.29 is 13.9 Å². The number of likely N-dealkylation sites (tertiary alicyclic amines) is 1. The van der Waals surface area contributed by atoms with Crippen LogP contribution in [0, 0.1) is 5.82 Å². The maximum absolute atomic E-state index is 13.5. The Hall–Kier alpha value is -2.07. The van der Waals surface area contributed by atoms with Crippen molar-refractivity contribution in [2.24, 2.45) is 0 Å². The molecule has 0 bridgehead atoms. The zero-order valence-corrected chi connectivity index (χ0v) is 13.6. The molecule has 1 heterocycles. The minimum absolute atomic E-state index is 0.173. The molecule has 1 fully saturated rings. The molecule has 23 heavy (non-hydrogen) atoms. The van der Waals surface area contributed by atoms with E-state index in [0.717, 1.165) is 48.6 Å². The third kappa shape index (κ3) is 3.32. The fourth-order valence-corrected chi connectivity index (χ4v) is 3.40. The molecule has 3 rings (SSSR count). The van der Waals surface area contributed by atoms with Gasteiger partial charge < -0.3 is 9.47 Å². The molecule has 0 aliphatic carbocycles. The highest BCUT2D eigenvalue weighted by atomic mass is 19.1. The Morgan fingerprint density at radius 1 is 1.13 bits per heavy atom. The van der Waals surface area contributed by atoms with Gasteiger partial charge in [-0.3, -0.25) is 4.90 Å². The average Bonchev–Trinajstić information content (AvgIpc) is 3.02. The predicted molar refractivity (Wildman–Crippen MR) is 88.3 cm³/mol. The molecule has 1 atom stereocenters. The fourth-order valence-electron chi connectivity index (χ4n) is 3.40. The molecule has 3 nitrogen and oxygen atoms in total. The Morgan fingerprint density at radius 2 is 1.96 bits per heavy atom. The van der Waals surface area contributed by atoms with Gasteiger partial charge in [-0.25, -0.2) is 4.39 Å². The van der Waals surface area contributed by atoms with Crippen LogP contribution in [-0.4, -0.2) is 25.7 Å². The van der Waals surface area contributed by atoms with Gasteiger partial charge in [-0.2, -0.15) is 0 Å². The van der Waals surface area contributed by atoms with Gasteiger partial charge in [0.2, 0.25) is 0 Å². The molecule has 122 valence electrons. The van der Waals surface area contributed by atoms with Crippen LogP contribution in [0.1, 0.15) is 30.0 Å². The Bertz CT molecular complexity index is 674. The van der Waals surface area contributed by atoms with Gasteiger partial charge in [-0.15, -0.1) is 0 Å². The van der Waals surface area contributed by atoms with Crippen molar-refractivity contribution in [3.8, 4) is 11.5 Å². The minimum Gasteiger partial charge on any atom is -0.493 e. The van der Waals surface area contributed by atoms with Crippen molar-refractivity contribution in [2.75, 3.05) is 20.8 Å². The number of rotatable bonds is 5. The van der Waals surface area contributed by atoms with Crippen molar-refractivity contribution in [3.05, 3.63) is 59.4 Å². The van der Waals surface area contributed by atoms with Gasteiger partial charge in [-0.1, -0.05) is 24.3 Å². The summed E-state index contributed by atoms with van der Waals surface area (Å²) >= 11 is 0. The molecule has 1 saturated heterocycles. The van der Waals surface area contributed by atoms with E-state index in [9.17, 15) is 4.39 Å². The van der Waals surface area contributed by atoms with Crippen LogP contribution in [0.25, 0.3) is 0 Å². The monoisotopic (exact) mass is 315 g/mol. The van der Waals surface area contributed by atoms with Crippen molar-refractivity contribution >= 4 is 0 Å². The number of hydrogen-bond donors (Lipinski definition) is 0. The summed E-state index contributed by atoms with van der Waals surface area (Å²) in [5.74, 6) is 1.35. The normalized spacial score (nSPS) is 18.1. The van der Waals surface area contributed by atoms with Gasteiger partial charge in [0, 0.05) is 18.2 Å². The van der Waals surface area contributed by atoms with Crippen molar-refractivity contribution in [2.45, 2.75) is 25.4 Å². The second-order valence-corrected chi connectivity index (χ2v) is 5.84. The lowest BCUT2D eigenvalue weighted by atomic mass is 10.0. The first-order valence-corrected chi connectivity index (χ1v) is 7.92. The lowest BCUT2D eigenvalue weighted by Crippen LogP contribution is -2.23. The number of benzene rings is 2. The van der Waals surface area contributed by atoms with Crippen LogP contribution in [0.2, 0.25) is 0 Å². The molecule has 1 aliphatic heterocycles. The molecule has 2 aromatic carbocycles. The van der Waals surface area contributed by atoms with E-state index >= 15 is 0 Å². The summed E-state index contributed by atoms with van der Waals surface area (Å²) in [6.07, 6.45) is 2.17. The molecule has 1 aliphatic rings. The summed E-state index contributed by atoms with van der Waals surface area (Å²) in [5.41, 5.74) is 2.14. The van der Waals surface area contributed by atoms with Crippen LogP contribution in [0.5, 0.6) is 11.5 Å². The molecular weight excluding hydrogens is 293 g/mol. The maximum Gasteiger partial charge on any atom is 0.165 e. The first-order chi connectivity index (χ1) is 11.2. The molecule has 0 saturated carbocycles. The van der Waals surface area contributed by atoms with E-state index in [-0.39, 0.29) is 11.9 Å². The molecule has 2 aromatic rings. The standard InChI is InChI=1S/C19H22FNO2/c1-22-18-10-4-7-15(19(18)23-2)13-21-11-5-9-17(21)14-6-3-8-16(20)12-14/h3-4,6-8,10,12,17H,5,9,11,13H2,1-2H3/t17-/m1/s1. The largest absolute Gasteiger partial charge is 0.493 e.